The molecule has 1 N–H and O–H groups in total. The summed E-state index contributed by atoms with van der Waals surface area (Å²) in [6, 6.07) is 10.9. The fraction of sp³-hybridized carbons (Fsp3) is 0.263. The number of benzene rings is 2. The highest BCUT2D eigenvalue weighted by Gasteiger charge is 2.21. The monoisotopic (exact) mass is 385 g/mol. The first-order chi connectivity index (χ1) is 13.0. The van der Waals surface area contributed by atoms with Gasteiger partial charge in [0.05, 0.1) is 4.92 Å². The summed E-state index contributed by atoms with van der Waals surface area (Å²) in [5.41, 5.74) is 1.56. The number of nitrogens with zero attached hydrogens (tertiary/aromatic N) is 2. The van der Waals surface area contributed by atoms with Gasteiger partial charge in [0.15, 0.2) is 0 Å². The second-order valence-corrected chi connectivity index (χ2v) is 7.39. The number of hydrogen-bond donors (Lipinski definition) is 1. The SMILES string of the molecule is Cc1cc(C(=O)N2CCSCC2)ccc1NC(=O)c1ccccc1[N+](=O)[O-]. The van der Waals surface area contributed by atoms with Crippen molar-refractivity contribution in [2.45, 2.75) is 6.92 Å². The molecule has 140 valence electrons. The maximum Gasteiger partial charge on any atom is 0.282 e. The standard InChI is InChI=1S/C19H19N3O4S/c1-13-12-14(19(24)21-8-10-27-11-9-21)6-7-16(13)20-18(23)15-4-2-3-5-17(15)22(25)26/h2-7,12H,8-11H2,1H3,(H,20,23). The number of aryl methyl sites for hydroxylation is 1. The molecule has 7 nitrogen and oxygen atoms in total. The van der Waals surface area contributed by atoms with Crippen molar-refractivity contribution in [1.82, 2.24) is 4.90 Å². The minimum atomic E-state index is -0.583. The van der Waals surface area contributed by atoms with Crippen LogP contribution in [0.1, 0.15) is 26.3 Å². The summed E-state index contributed by atoms with van der Waals surface area (Å²) in [4.78, 5) is 37.4. The molecule has 1 heterocycles. The smallest absolute Gasteiger partial charge is 0.282 e. The van der Waals surface area contributed by atoms with Crippen molar-refractivity contribution in [3.8, 4) is 0 Å². The lowest BCUT2D eigenvalue weighted by Crippen LogP contribution is -2.37. The second-order valence-electron chi connectivity index (χ2n) is 6.16. The lowest BCUT2D eigenvalue weighted by molar-refractivity contribution is -0.385. The lowest BCUT2D eigenvalue weighted by atomic mass is 10.1. The summed E-state index contributed by atoms with van der Waals surface area (Å²) >= 11 is 1.84. The van der Waals surface area contributed by atoms with Gasteiger partial charge >= 0.3 is 0 Å². The Kier molecular flexibility index (Phi) is 5.75. The fourth-order valence-corrected chi connectivity index (χ4v) is 3.80. The molecule has 2 aromatic rings. The van der Waals surface area contributed by atoms with Gasteiger partial charge in [-0.1, -0.05) is 12.1 Å². The highest BCUT2D eigenvalue weighted by atomic mass is 32.2. The molecule has 0 spiro atoms. The topological polar surface area (TPSA) is 92.6 Å². The quantitative estimate of drug-likeness (QED) is 0.644. The molecule has 1 aliphatic rings. The molecule has 1 saturated heterocycles. The Morgan fingerprint density at radius 1 is 1.15 bits per heavy atom. The van der Waals surface area contributed by atoms with Gasteiger partial charge in [-0.05, 0) is 36.8 Å². The molecule has 0 unspecified atom stereocenters. The number of amides is 2. The van der Waals surface area contributed by atoms with E-state index in [9.17, 15) is 19.7 Å². The summed E-state index contributed by atoms with van der Waals surface area (Å²) in [7, 11) is 0. The summed E-state index contributed by atoms with van der Waals surface area (Å²) in [6.07, 6.45) is 0. The molecule has 27 heavy (non-hydrogen) atoms. The maximum atomic E-state index is 12.6. The molecule has 1 aliphatic heterocycles. The normalized spacial score (nSPS) is 13.9. The Balaban J connectivity index is 1.77. The predicted molar refractivity (Wildman–Crippen MR) is 105 cm³/mol. The van der Waals surface area contributed by atoms with Gasteiger partial charge in [-0.15, -0.1) is 0 Å². The van der Waals surface area contributed by atoms with E-state index >= 15 is 0 Å². The van der Waals surface area contributed by atoms with Crippen LogP contribution < -0.4 is 5.32 Å². The minimum Gasteiger partial charge on any atom is -0.337 e. The number of carbonyl (C=O) groups excluding carboxylic acids is 2. The van der Waals surface area contributed by atoms with E-state index in [0.29, 0.717) is 11.3 Å². The van der Waals surface area contributed by atoms with Gasteiger partial charge in [0.1, 0.15) is 5.56 Å². The Morgan fingerprint density at radius 3 is 2.52 bits per heavy atom. The average Bonchev–Trinajstić information content (AvgIpc) is 2.69. The third-order valence-electron chi connectivity index (χ3n) is 4.37. The van der Waals surface area contributed by atoms with Crippen LogP contribution in [0.4, 0.5) is 11.4 Å². The summed E-state index contributed by atoms with van der Waals surface area (Å²) in [5, 5.41) is 13.8. The van der Waals surface area contributed by atoms with Crippen molar-refractivity contribution < 1.29 is 14.5 Å². The van der Waals surface area contributed by atoms with Gasteiger partial charge in [-0.25, -0.2) is 0 Å². The Bertz CT molecular complexity index is 894. The van der Waals surface area contributed by atoms with Crippen LogP contribution in [0.2, 0.25) is 0 Å². The van der Waals surface area contributed by atoms with E-state index < -0.39 is 10.8 Å². The Morgan fingerprint density at radius 2 is 1.85 bits per heavy atom. The second kappa shape index (κ2) is 8.22. The summed E-state index contributed by atoms with van der Waals surface area (Å²) in [6.45, 7) is 3.26. The van der Waals surface area contributed by atoms with E-state index in [2.05, 4.69) is 5.32 Å². The van der Waals surface area contributed by atoms with E-state index in [4.69, 9.17) is 0 Å². The molecule has 0 bridgehead atoms. The van der Waals surface area contributed by atoms with E-state index in [-0.39, 0.29) is 17.2 Å². The number of rotatable bonds is 4. The summed E-state index contributed by atoms with van der Waals surface area (Å²) < 4.78 is 0. The third-order valence-corrected chi connectivity index (χ3v) is 5.31. The van der Waals surface area contributed by atoms with Gasteiger partial charge in [0.2, 0.25) is 0 Å². The zero-order valence-corrected chi connectivity index (χ0v) is 15.6. The van der Waals surface area contributed by atoms with E-state index in [1.54, 1.807) is 31.2 Å². The van der Waals surface area contributed by atoms with Gasteiger partial charge in [0.25, 0.3) is 17.5 Å². The van der Waals surface area contributed by atoms with Crippen LogP contribution in [0.15, 0.2) is 42.5 Å². The summed E-state index contributed by atoms with van der Waals surface area (Å²) in [5.74, 6) is 1.30. The molecular weight excluding hydrogens is 366 g/mol. The first-order valence-electron chi connectivity index (χ1n) is 8.50. The van der Waals surface area contributed by atoms with Crippen LogP contribution in [0.25, 0.3) is 0 Å². The predicted octanol–water partition coefficient (Wildman–Crippen LogP) is 3.34. The van der Waals surface area contributed by atoms with Gasteiger partial charge in [0, 0.05) is 41.9 Å². The molecule has 2 aromatic carbocycles. The van der Waals surface area contributed by atoms with Crippen molar-refractivity contribution in [3.63, 3.8) is 0 Å². The molecule has 1 fully saturated rings. The van der Waals surface area contributed by atoms with Crippen LogP contribution in [0, 0.1) is 17.0 Å². The fourth-order valence-electron chi connectivity index (χ4n) is 2.90. The molecular formula is C19H19N3O4S. The van der Waals surface area contributed by atoms with Crippen molar-refractivity contribution in [3.05, 3.63) is 69.3 Å². The molecule has 0 aliphatic carbocycles. The number of hydrogen-bond acceptors (Lipinski definition) is 5. The van der Waals surface area contributed by atoms with Crippen LogP contribution in [0.3, 0.4) is 0 Å². The van der Waals surface area contributed by atoms with Crippen LogP contribution >= 0.6 is 11.8 Å². The first kappa shape index (κ1) is 18.9. The van der Waals surface area contributed by atoms with Crippen LogP contribution in [-0.4, -0.2) is 46.2 Å². The number of para-hydroxylation sites is 1. The van der Waals surface area contributed by atoms with Crippen molar-refractivity contribution >= 4 is 35.0 Å². The van der Waals surface area contributed by atoms with Gasteiger partial charge < -0.3 is 10.2 Å². The molecule has 8 heteroatoms. The van der Waals surface area contributed by atoms with Crippen LogP contribution in [0.5, 0.6) is 0 Å². The van der Waals surface area contributed by atoms with E-state index in [1.165, 1.54) is 18.2 Å². The number of carbonyl (C=O) groups is 2. The highest BCUT2D eigenvalue weighted by molar-refractivity contribution is 7.99. The Hall–Kier alpha value is -2.87. The molecule has 0 radical (unpaired) electrons. The number of anilines is 1. The zero-order chi connectivity index (χ0) is 19.4. The van der Waals surface area contributed by atoms with E-state index in [0.717, 1.165) is 30.2 Å². The zero-order valence-electron chi connectivity index (χ0n) is 14.8. The van der Waals surface area contributed by atoms with Gasteiger partial charge in [-0.2, -0.15) is 11.8 Å². The largest absolute Gasteiger partial charge is 0.337 e. The van der Waals surface area contributed by atoms with Crippen molar-refractivity contribution in [2.75, 3.05) is 29.9 Å². The third kappa shape index (κ3) is 4.28. The average molecular weight is 385 g/mol. The molecule has 2 amide bonds. The molecule has 0 aromatic heterocycles. The molecule has 3 rings (SSSR count). The van der Waals surface area contributed by atoms with Crippen molar-refractivity contribution in [1.29, 1.82) is 0 Å². The minimum absolute atomic E-state index is 0.00660. The highest BCUT2D eigenvalue weighted by Crippen LogP contribution is 2.23. The Labute approximate surface area is 160 Å². The lowest BCUT2D eigenvalue weighted by Gasteiger charge is -2.26. The number of thioether (sulfide) groups is 1. The number of nitro benzene ring substituents is 1. The number of nitro groups is 1. The number of nitrogens with one attached hydrogen (secondary N) is 1. The van der Waals surface area contributed by atoms with Crippen LogP contribution in [-0.2, 0) is 0 Å². The van der Waals surface area contributed by atoms with Crippen molar-refractivity contribution in [2.24, 2.45) is 0 Å². The first-order valence-corrected chi connectivity index (χ1v) is 9.65. The van der Waals surface area contributed by atoms with E-state index in [1.807, 2.05) is 16.7 Å². The molecule has 0 saturated carbocycles. The maximum absolute atomic E-state index is 12.6. The molecule has 0 atom stereocenters. The van der Waals surface area contributed by atoms with Gasteiger partial charge in [-0.3, -0.25) is 19.7 Å².